The first-order valence-corrected chi connectivity index (χ1v) is 8.41. The topological polar surface area (TPSA) is 26.3 Å². The van der Waals surface area contributed by atoms with E-state index in [4.69, 9.17) is 4.74 Å². The molecular formula is C19H28O2. The summed E-state index contributed by atoms with van der Waals surface area (Å²) in [5.41, 5.74) is 0.769. The molecule has 1 aliphatic rings. The van der Waals surface area contributed by atoms with E-state index < -0.39 is 0 Å². The van der Waals surface area contributed by atoms with Gasteiger partial charge in [-0.1, -0.05) is 31.9 Å². The average Bonchev–Trinajstić information content (AvgIpc) is 2.48. The fourth-order valence-corrected chi connectivity index (χ4v) is 3.37. The van der Waals surface area contributed by atoms with E-state index in [0.717, 1.165) is 30.1 Å². The van der Waals surface area contributed by atoms with Gasteiger partial charge in [0.2, 0.25) is 0 Å². The second-order valence-electron chi connectivity index (χ2n) is 6.53. The summed E-state index contributed by atoms with van der Waals surface area (Å²) in [6.07, 6.45) is 7.16. The standard InChI is InChI=1S/C19H28O2/c1-4-7-15-10-12-16(13-11-15)19(20)17-8-5-6-9-18(17)21-14(2)3/h5-6,8-9,14-16H,4,7,10-13H2,1-3H3. The molecule has 0 amide bonds. The highest BCUT2D eigenvalue weighted by atomic mass is 16.5. The second kappa shape index (κ2) is 7.63. The lowest BCUT2D eigenvalue weighted by Crippen LogP contribution is -2.23. The van der Waals surface area contributed by atoms with Crippen molar-refractivity contribution in [2.45, 2.75) is 65.4 Å². The van der Waals surface area contributed by atoms with Gasteiger partial charge in [-0.25, -0.2) is 0 Å². The number of ketones is 1. The predicted molar refractivity (Wildman–Crippen MR) is 86.9 cm³/mol. The molecule has 0 atom stereocenters. The number of rotatable bonds is 6. The SMILES string of the molecule is CCCC1CCC(C(=O)c2ccccc2OC(C)C)CC1. The minimum atomic E-state index is 0.0965. The molecule has 116 valence electrons. The van der Waals surface area contributed by atoms with E-state index in [2.05, 4.69) is 6.92 Å². The molecule has 1 saturated carbocycles. The third kappa shape index (κ3) is 4.33. The smallest absolute Gasteiger partial charge is 0.169 e. The first-order chi connectivity index (χ1) is 10.1. The number of Topliss-reactive ketones (excluding diaryl/α,β-unsaturated/α-hetero) is 1. The maximum Gasteiger partial charge on any atom is 0.169 e. The fraction of sp³-hybridized carbons (Fsp3) is 0.632. The Balaban J connectivity index is 2.04. The number of hydrogen-bond donors (Lipinski definition) is 0. The molecular weight excluding hydrogens is 260 g/mol. The molecule has 0 aliphatic heterocycles. The van der Waals surface area contributed by atoms with Crippen LogP contribution in [-0.2, 0) is 0 Å². The number of para-hydroxylation sites is 1. The zero-order valence-electron chi connectivity index (χ0n) is 13.6. The largest absolute Gasteiger partial charge is 0.490 e. The highest BCUT2D eigenvalue weighted by Gasteiger charge is 2.28. The molecule has 0 spiro atoms. The van der Waals surface area contributed by atoms with Crippen molar-refractivity contribution in [2.24, 2.45) is 11.8 Å². The lowest BCUT2D eigenvalue weighted by Gasteiger charge is -2.28. The number of benzene rings is 1. The van der Waals surface area contributed by atoms with Gasteiger partial charge in [0.25, 0.3) is 0 Å². The third-order valence-corrected chi connectivity index (χ3v) is 4.43. The van der Waals surface area contributed by atoms with Crippen LogP contribution in [0.25, 0.3) is 0 Å². The van der Waals surface area contributed by atoms with Gasteiger partial charge < -0.3 is 4.74 Å². The number of carbonyl (C=O) groups excluding carboxylic acids is 1. The van der Waals surface area contributed by atoms with Crippen LogP contribution >= 0.6 is 0 Å². The molecule has 0 bridgehead atoms. The molecule has 0 unspecified atom stereocenters. The molecule has 1 fully saturated rings. The van der Waals surface area contributed by atoms with Crippen molar-refractivity contribution in [3.05, 3.63) is 29.8 Å². The highest BCUT2D eigenvalue weighted by molar-refractivity contribution is 6.00. The molecule has 0 saturated heterocycles. The van der Waals surface area contributed by atoms with Gasteiger partial charge in [0.15, 0.2) is 5.78 Å². The van der Waals surface area contributed by atoms with E-state index in [-0.39, 0.29) is 17.8 Å². The van der Waals surface area contributed by atoms with Crippen molar-refractivity contribution in [3.63, 3.8) is 0 Å². The zero-order chi connectivity index (χ0) is 15.2. The fourth-order valence-electron chi connectivity index (χ4n) is 3.37. The van der Waals surface area contributed by atoms with Crippen LogP contribution in [0.15, 0.2) is 24.3 Å². The lowest BCUT2D eigenvalue weighted by atomic mass is 9.77. The molecule has 2 rings (SSSR count). The van der Waals surface area contributed by atoms with Gasteiger partial charge >= 0.3 is 0 Å². The molecule has 0 heterocycles. The predicted octanol–water partition coefficient (Wildman–Crippen LogP) is 5.26. The Kier molecular flexibility index (Phi) is 5.84. The summed E-state index contributed by atoms with van der Waals surface area (Å²) >= 11 is 0. The Hall–Kier alpha value is -1.31. The Labute approximate surface area is 128 Å². The van der Waals surface area contributed by atoms with Crippen LogP contribution in [0.5, 0.6) is 5.75 Å². The van der Waals surface area contributed by atoms with Crippen molar-refractivity contribution in [1.82, 2.24) is 0 Å². The molecule has 1 aromatic rings. The number of ether oxygens (including phenoxy) is 1. The van der Waals surface area contributed by atoms with Crippen LogP contribution in [0, 0.1) is 11.8 Å². The van der Waals surface area contributed by atoms with Crippen molar-refractivity contribution < 1.29 is 9.53 Å². The molecule has 1 aliphatic carbocycles. The van der Waals surface area contributed by atoms with Crippen molar-refractivity contribution in [2.75, 3.05) is 0 Å². The Morgan fingerprint density at radius 3 is 2.48 bits per heavy atom. The van der Waals surface area contributed by atoms with Gasteiger partial charge in [0.05, 0.1) is 11.7 Å². The third-order valence-electron chi connectivity index (χ3n) is 4.43. The van der Waals surface area contributed by atoms with E-state index in [0.29, 0.717) is 0 Å². The summed E-state index contributed by atoms with van der Waals surface area (Å²) in [5.74, 6) is 2.05. The van der Waals surface area contributed by atoms with E-state index >= 15 is 0 Å². The summed E-state index contributed by atoms with van der Waals surface area (Å²) < 4.78 is 5.80. The number of hydrogen-bond acceptors (Lipinski definition) is 2. The Bertz CT molecular complexity index is 456. The summed E-state index contributed by atoms with van der Waals surface area (Å²) in [5, 5.41) is 0. The minimum Gasteiger partial charge on any atom is -0.490 e. The van der Waals surface area contributed by atoms with E-state index in [1.54, 1.807) is 0 Å². The normalized spacial score (nSPS) is 22.3. The van der Waals surface area contributed by atoms with Crippen LogP contribution in [0.1, 0.15) is 69.7 Å². The molecule has 0 N–H and O–H groups in total. The summed E-state index contributed by atoms with van der Waals surface area (Å²) in [4.78, 5) is 12.8. The molecule has 1 aromatic carbocycles. The van der Waals surface area contributed by atoms with Crippen LogP contribution in [0.2, 0.25) is 0 Å². The van der Waals surface area contributed by atoms with Crippen LogP contribution in [0.4, 0.5) is 0 Å². The van der Waals surface area contributed by atoms with Gasteiger partial charge in [-0.3, -0.25) is 4.79 Å². The Morgan fingerprint density at radius 1 is 1.19 bits per heavy atom. The zero-order valence-corrected chi connectivity index (χ0v) is 13.6. The first kappa shape index (κ1) is 16.1. The van der Waals surface area contributed by atoms with Gasteiger partial charge in [0, 0.05) is 5.92 Å². The molecule has 2 heteroatoms. The molecule has 0 aromatic heterocycles. The van der Waals surface area contributed by atoms with Crippen LogP contribution < -0.4 is 4.74 Å². The van der Waals surface area contributed by atoms with E-state index in [9.17, 15) is 4.79 Å². The lowest BCUT2D eigenvalue weighted by molar-refractivity contribution is 0.0864. The minimum absolute atomic E-state index is 0.0965. The monoisotopic (exact) mass is 288 g/mol. The average molecular weight is 288 g/mol. The maximum atomic E-state index is 12.8. The molecule has 21 heavy (non-hydrogen) atoms. The van der Waals surface area contributed by atoms with Gasteiger partial charge in [-0.2, -0.15) is 0 Å². The quantitative estimate of drug-likeness (QED) is 0.667. The van der Waals surface area contributed by atoms with Crippen LogP contribution in [0.3, 0.4) is 0 Å². The summed E-state index contributed by atoms with van der Waals surface area (Å²) in [6, 6.07) is 7.70. The first-order valence-electron chi connectivity index (χ1n) is 8.41. The maximum absolute atomic E-state index is 12.8. The van der Waals surface area contributed by atoms with Crippen molar-refractivity contribution in [1.29, 1.82) is 0 Å². The highest BCUT2D eigenvalue weighted by Crippen LogP contribution is 2.35. The van der Waals surface area contributed by atoms with Crippen LogP contribution in [-0.4, -0.2) is 11.9 Å². The summed E-state index contributed by atoms with van der Waals surface area (Å²) in [6.45, 7) is 6.24. The summed E-state index contributed by atoms with van der Waals surface area (Å²) in [7, 11) is 0. The van der Waals surface area contributed by atoms with Gasteiger partial charge in [-0.05, 0) is 57.6 Å². The van der Waals surface area contributed by atoms with Crippen molar-refractivity contribution in [3.8, 4) is 5.75 Å². The van der Waals surface area contributed by atoms with Gasteiger partial charge in [-0.15, -0.1) is 0 Å². The second-order valence-corrected chi connectivity index (χ2v) is 6.53. The molecule has 0 radical (unpaired) electrons. The van der Waals surface area contributed by atoms with E-state index in [1.165, 1.54) is 25.7 Å². The van der Waals surface area contributed by atoms with Crippen molar-refractivity contribution >= 4 is 5.78 Å². The van der Waals surface area contributed by atoms with E-state index in [1.807, 2.05) is 38.1 Å². The molecule has 2 nitrogen and oxygen atoms in total. The number of carbonyl (C=O) groups is 1. The Morgan fingerprint density at radius 2 is 1.86 bits per heavy atom. The van der Waals surface area contributed by atoms with Gasteiger partial charge in [0.1, 0.15) is 5.75 Å².